The molecule has 0 aromatic rings. The van der Waals surface area contributed by atoms with Crippen molar-refractivity contribution < 1.29 is 14.3 Å². The summed E-state index contributed by atoms with van der Waals surface area (Å²) < 4.78 is 5.20. The quantitative estimate of drug-likeness (QED) is 0.206. The monoisotopic (exact) mass is 400 g/mol. The first-order valence-electron chi connectivity index (χ1n) is 9.89. The third-order valence-corrected chi connectivity index (χ3v) is 14.2. The maximum Gasteiger partial charge on any atom is 0.333 e. The van der Waals surface area contributed by atoms with E-state index in [-0.39, 0.29) is 21.0 Å². The molecule has 0 aliphatic rings. The minimum Gasteiger partial charge on any atom is -0.462 e. The normalized spacial score (nSPS) is 11.6. The van der Waals surface area contributed by atoms with Crippen LogP contribution < -0.4 is 0 Å². The molecule has 0 aromatic heterocycles. The van der Waals surface area contributed by atoms with Crippen molar-refractivity contribution in [3.63, 3.8) is 0 Å². The van der Waals surface area contributed by atoms with Gasteiger partial charge in [-0.25, -0.2) is 9.59 Å². The first-order valence-corrected chi connectivity index (χ1v) is 16.4. The van der Waals surface area contributed by atoms with Gasteiger partial charge in [0, 0.05) is 49.0 Å². The van der Waals surface area contributed by atoms with Gasteiger partial charge in [-0.05, 0) is 19.8 Å². The number of hydrogen-bond donors (Lipinski definition) is 0. The zero-order valence-electron chi connectivity index (χ0n) is 17.9. The smallest absolute Gasteiger partial charge is 0.333 e. The van der Waals surface area contributed by atoms with Crippen molar-refractivity contribution in [2.45, 2.75) is 65.1 Å². The molecule has 0 aliphatic heterocycles. The van der Waals surface area contributed by atoms with Gasteiger partial charge in [-0.1, -0.05) is 51.9 Å². The Hall–Kier alpha value is -1.09. The van der Waals surface area contributed by atoms with Gasteiger partial charge in [0.25, 0.3) is 0 Å². The van der Waals surface area contributed by atoms with Crippen LogP contribution in [0.3, 0.4) is 0 Å². The molecular formula is C19H40N2O3Si2. The van der Waals surface area contributed by atoms with Crippen LogP contribution in [0.1, 0.15) is 46.0 Å². The van der Waals surface area contributed by atoms with E-state index in [0.717, 1.165) is 31.6 Å². The lowest BCUT2D eigenvalue weighted by molar-refractivity contribution is -0.138. The summed E-state index contributed by atoms with van der Waals surface area (Å²) in [6.45, 7) is 13.7. The van der Waals surface area contributed by atoms with E-state index in [0.29, 0.717) is 12.2 Å². The van der Waals surface area contributed by atoms with Crippen LogP contribution in [0, 0.1) is 0 Å². The lowest BCUT2D eigenvalue weighted by Gasteiger charge is -2.30. The van der Waals surface area contributed by atoms with E-state index in [1.54, 1.807) is 11.8 Å². The summed E-state index contributed by atoms with van der Waals surface area (Å²) in [6, 6.07) is 1.30. The van der Waals surface area contributed by atoms with Gasteiger partial charge in [-0.3, -0.25) is 0 Å². The predicted octanol–water partition coefficient (Wildman–Crippen LogP) is 3.39. The molecule has 0 atom stereocenters. The fourth-order valence-corrected chi connectivity index (χ4v) is 9.48. The van der Waals surface area contributed by atoms with Crippen molar-refractivity contribution in [1.29, 1.82) is 0 Å². The summed E-state index contributed by atoms with van der Waals surface area (Å²) in [7, 11) is 2.06. The molecule has 0 saturated carbocycles. The molecule has 0 unspecified atom stereocenters. The van der Waals surface area contributed by atoms with Crippen LogP contribution in [0.5, 0.6) is 0 Å². The van der Waals surface area contributed by atoms with E-state index in [1.807, 2.05) is 14.1 Å². The van der Waals surface area contributed by atoms with Crippen LogP contribution >= 0.6 is 0 Å². The topological polar surface area (TPSA) is 49.9 Å². The zero-order valence-corrected chi connectivity index (χ0v) is 20.3. The lowest BCUT2D eigenvalue weighted by atomic mass is 10.2. The van der Waals surface area contributed by atoms with Gasteiger partial charge in [0.1, 0.15) is 0 Å². The number of carbonyl (C=O) groups is 2. The fourth-order valence-electron chi connectivity index (χ4n) is 2.72. The highest BCUT2D eigenvalue weighted by Gasteiger charge is 2.24. The van der Waals surface area contributed by atoms with Gasteiger partial charge in [-0.2, -0.15) is 0 Å². The van der Waals surface area contributed by atoms with Crippen molar-refractivity contribution >= 4 is 28.6 Å². The summed E-state index contributed by atoms with van der Waals surface area (Å²) in [5.41, 5.74) is 0.455. The maximum atomic E-state index is 12.4. The number of carbonyl (C=O) groups excluding carboxylic acids is 2. The van der Waals surface area contributed by atoms with E-state index in [2.05, 4.69) is 31.5 Å². The number of unbranched alkanes of at least 4 members (excludes halogenated alkanes) is 3. The molecule has 0 saturated heterocycles. The molecule has 152 valence electrons. The number of esters is 1. The number of rotatable bonds is 13. The first kappa shape index (κ1) is 24.9. The Labute approximate surface area is 163 Å². The van der Waals surface area contributed by atoms with E-state index in [1.165, 1.54) is 19.3 Å². The van der Waals surface area contributed by atoms with Gasteiger partial charge >= 0.3 is 12.0 Å². The second-order valence-corrected chi connectivity index (χ2v) is 21.2. The molecule has 26 heavy (non-hydrogen) atoms. The molecule has 0 fully saturated rings. The van der Waals surface area contributed by atoms with E-state index in [9.17, 15) is 9.59 Å². The SMILES string of the molecule is C=C(C)C(=O)OCCC[Si](C)(C)[SiH2]CN(CCCCCC)C(=O)N(C)C. The maximum absolute atomic E-state index is 12.4. The number of amides is 2. The van der Waals surface area contributed by atoms with Gasteiger partial charge < -0.3 is 14.5 Å². The largest absolute Gasteiger partial charge is 0.462 e. The van der Waals surface area contributed by atoms with Gasteiger partial charge in [0.15, 0.2) is 0 Å². The summed E-state index contributed by atoms with van der Waals surface area (Å²) >= 11 is 0. The van der Waals surface area contributed by atoms with Crippen LogP contribution in [0.15, 0.2) is 12.2 Å². The Bertz CT molecular complexity index is 454. The molecule has 0 heterocycles. The highest BCUT2D eigenvalue weighted by Crippen LogP contribution is 2.12. The molecule has 0 spiro atoms. The third kappa shape index (κ3) is 11.5. The minimum atomic E-state index is -1.29. The first-order chi connectivity index (χ1) is 12.1. The highest BCUT2D eigenvalue weighted by molar-refractivity contribution is 7.23. The number of ether oxygens (including phenoxy) is 1. The standard InChI is InChI=1S/C19H40N2O3Si2/c1-8-9-10-11-13-21(19(23)20(4)5)16-25-26(6,7)15-12-14-24-18(22)17(2)3/h2,8-16,25H2,1,3-7H3. The van der Waals surface area contributed by atoms with Gasteiger partial charge in [0.05, 0.1) is 6.61 Å². The van der Waals surface area contributed by atoms with Crippen molar-refractivity contribution in [2.24, 2.45) is 0 Å². The van der Waals surface area contributed by atoms with Crippen LogP contribution in [0.2, 0.25) is 19.1 Å². The summed E-state index contributed by atoms with van der Waals surface area (Å²) in [4.78, 5) is 27.6. The predicted molar refractivity (Wildman–Crippen MR) is 116 cm³/mol. The molecule has 2 amide bonds. The summed E-state index contributed by atoms with van der Waals surface area (Å²) in [5.74, 6) is -0.295. The number of nitrogens with zero attached hydrogens (tertiary/aromatic N) is 2. The molecule has 0 aromatic carbocycles. The highest BCUT2D eigenvalue weighted by atomic mass is 29.2. The molecule has 0 N–H and O–H groups in total. The van der Waals surface area contributed by atoms with Crippen LogP contribution in [0.4, 0.5) is 4.79 Å². The Morgan fingerprint density at radius 2 is 1.77 bits per heavy atom. The van der Waals surface area contributed by atoms with Crippen molar-refractivity contribution in [3.05, 3.63) is 12.2 Å². The molecule has 7 heteroatoms. The Morgan fingerprint density at radius 3 is 2.31 bits per heavy atom. The van der Waals surface area contributed by atoms with E-state index < -0.39 is 7.59 Å². The van der Waals surface area contributed by atoms with Gasteiger partial charge in [-0.15, -0.1) is 0 Å². The second-order valence-electron chi connectivity index (χ2n) is 8.16. The third-order valence-electron chi connectivity index (χ3n) is 4.57. The Balaban J connectivity index is 4.36. The molecule has 5 nitrogen and oxygen atoms in total. The van der Waals surface area contributed by atoms with Crippen LogP contribution in [0.25, 0.3) is 0 Å². The molecule has 0 bridgehead atoms. The second kappa shape index (κ2) is 13.1. The molecule has 0 radical (unpaired) electrons. The minimum absolute atomic E-state index is 0.147. The average molecular weight is 401 g/mol. The van der Waals surface area contributed by atoms with Crippen molar-refractivity contribution in [3.8, 4) is 0 Å². The summed E-state index contributed by atoms with van der Waals surface area (Å²) in [6.07, 6.45) is 6.64. The number of urea groups is 1. The number of hydrogen-bond acceptors (Lipinski definition) is 3. The zero-order chi connectivity index (χ0) is 20.2. The van der Waals surface area contributed by atoms with Gasteiger partial charge in [0.2, 0.25) is 0 Å². The average Bonchev–Trinajstić information content (AvgIpc) is 2.57. The summed E-state index contributed by atoms with van der Waals surface area (Å²) in [5, 5.41) is 0. The Morgan fingerprint density at radius 1 is 1.12 bits per heavy atom. The molecule has 0 aliphatic carbocycles. The van der Waals surface area contributed by atoms with Crippen LogP contribution in [-0.4, -0.2) is 71.8 Å². The molecule has 0 rings (SSSR count). The lowest BCUT2D eigenvalue weighted by Crippen LogP contribution is -2.47. The van der Waals surface area contributed by atoms with Crippen molar-refractivity contribution in [1.82, 2.24) is 9.80 Å². The Kier molecular flexibility index (Phi) is 12.6. The van der Waals surface area contributed by atoms with Crippen molar-refractivity contribution in [2.75, 3.05) is 33.4 Å². The fraction of sp³-hybridized carbons (Fsp3) is 0.789. The molecular weight excluding hydrogens is 360 g/mol. The van der Waals surface area contributed by atoms with E-state index >= 15 is 0 Å². The van der Waals surface area contributed by atoms with Crippen LogP contribution in [-0.2, 0) is 9.53 Å². The van der Waals surface area contributed by atoms with E-state index in [4.69, 9.17) is 4.74 Å².